The van der Waals surface area contributed by atoms with Crippen molar-refractivity contribution >= 4 is 39.1 Å². The number of carbonyl (C=O) groups is 1. The van der Waals surface area contributed by atoms with Crippen molar-refractivity contribution in [2.45, 2.75) is 31.4 Å². The number of anilines is 1. The molecule has 8 heteroatoms. The van der Waals surface area contributed by atoms with E-state index in [4.69, 9.17) is 17.3 Å². The molecule has 0 spiro atoms. The van der Waals surface area contributed by atoms with Crippen molar-refractivity contribution in [3.63, 3.8) is 0 Å². The number of nitrogens with one attached hydrogen (secondary N) is 1. The van der Waals surface area contributed by atoms with E-state index in [0.717, 1.165) is 6.42 Å². The fourth-order valence-corrected chi connectivity index (χ4v) is 2.80. The Kier molecular flexibility index (Phi) is 4.51. The molecule has 0 saturated heterocycles. The number of amides is 1. The van der Waals surface area contributed by atoms with Crippen molar-refractivity contribution in [3.8, 4) is 5.75 Å². The minimum Gasteiger partial charge on any atom is -0.431 e. The van der Waals surface area contributed by atoms with Crippen LogP contribution in [0.2, 0.25) is 5.02 Å². The van der Waals surface area contributed by atoms with Crippen LogP contribution in [-0.2, 0) is 4.79 Å². The van der Waals surface area contributed by atoms with E-state index in [0.29, 0.717) is 12.8 Å². The van der Waals surface area contributed by atoms with E-state index in [1.54, 1.807) is 0 Å². The van der Waals surface area contributed by atoms with Gasteiger partial charge in [0.15, 0.2) is 5.75 Å². The highest BCUT2D eigenvalue weighted by Gasteiger charge is 2.40. The average Bonchev–Trinajstić information content (AvgIpc) is 2.30. The number of nitrogens with two attached hydrogens (primary N) is 1. The first kappa shape index (κ1) is 15.5. The summed E-state index contributed by atoms with van der Waals surface area (Å²) < 4.78 is 29.5. The van der Waals surface area contributed by atoms with Crippen LogP contribution >= 0.6 is 27.5 Å². The molecule has 110 valence electrons. The number of alkyl halides is 2. The second-order valence-corrected chi connectivity index (χ2v) is 5.90. The Morgan fingerprint density at radius 1 is 1.50 bits per heavy atom. The molecule has 0 aliphatic heterocycles. The summed E-state index contributed by atoms with van der Waals surface area (Å²) in [4.78, 5) is 12.0. The molecule has 0 heterocycles. The molecular weight excluding hydrogens is 357 g/mol. The first-order chi connectivity index (χ1) is 9.32. The van der Waals surface area contributed by atoms with Gasteiger partial charge < -0.3 is 15.8 Å². The fourth-order valence-electron chi connectivity index (χ4n) is 1.89. The highest BCUT2D eigenvalue weighted by molar-refractivity contribution is 9.10. The number of hydrogen-bond donors (Lipinski definition) is 2. The molecule has 1 fully saturated rings. The maximum atomic E-state index is 12.4. The predicted octanol–water partition coefficient (Wildman–Crippen LogP) is 3.52. The van der Waals surface area contributed by atoms with Crippen molar-refractivity contribution in [2.75, 3.05) is 5.32 Å². The molecule has 20 heavy (non-hydrogen) atoms. The van der Waals surface area contributed by atoms with Crippen molar-refractivity contribution < 1.29 is 18.3 Å². The topological polar surface area (TPSA) is 64.4 Å². The van der Waals surface area contributed by atoms with Crippen LogP contribution in [-0.4, -0.2) is 18.1 Å². The third-order valence-corrected chi connectivity index (χ3v) is 3.97. The van der Waals surface area contributed by atoms with Crippen LogP contribution in [0.3, 0.4) is 0 Å². The molecule has 0 atom stereocenters. The predicted molar refractivity (Wildman–Crippen MR) is 75.2 cm³/mol. The van der Waals surface area contributed by atoms with Gasteiger partial charge in [-0.2, -0.15) is 8.78 Å². The molecule has 3 N–H and O–H groups in total. The van der Waals surface area contributed by atoms with Gasteiger partial charge in [-0.25, -0.2) is 0 Å². The smallest absolute Gasteiger partial charge is 0.387 e. The summed E-state index contributed by atoms with van der Waals surface area (Å²) in [6, 6.07) is 2.74. The number of benzene rings is 1. The standard InChI is InChI=1S/C12H12BrClF2N2O2/c13-7-4-6(14)5-8(9(7)20-11(15)16)18-10(19)12(17)2-1-3-12/h4-5,11H,1-3,17H2,(H,18,19). The van der Waals surface area contributed by atoms with Crippen LogP contribution in [0.25, 0.3) is 0 Å². The van der Waals surface area contributed by atoms with Crippen LogP contribution in [0.5, 0.6) is 5.75 Å². The fraction of sp³-hybridized carbons (Fsp3) is 0.417. The van der Waals surface area contributed by atoms with E-state index >= 15 is 0 Å². The molecule has 1 aromatic carbocycles. The van der Waals surface area contributed by atoms with E-state index in [-0.39, 0.29) is 20.9 Å². The lowest BCUT2D eigenvalue weighted by atomic mass is 9.77. The lowest BCUT2D eigenvalue weighted by Gasteiger charge is -2.36. The molecule has 2 rings (SSSR count). The van der Waals surface area contributed by atoms with Gasteiger partial charge in [0.05, 0.1) is 15.7 Å². The van der Waals surface area contributed by atoms with Gasteiger partial charge in [-0.1, -0.05) is 11.6 Å². The molecule has 0 bridgehead atoms. The first-order valence-corrected chi connectivity index (χ1v) is 7.03. The Morgan fingerprint density at radius 2 is 2.15 bits per heavy atom. The Labute approximate surface area is 127 Å². The van der Waals surface area contributed by atoms with Crippen LogP contribution < -0.4 is 15.8 Å². The van der Waals surface area contributed by atoms with Crippen molar-refractivity contribution in [3.05, 3.63) is 21.6 Å². The second-order valence-electron chi connectivity index (χ2n) is 4.61. The van der Waals surface area contributed by atoms with E-state index < -0.39 is 18.1 Å². The zero-order chi connectivity index (χ0) is 14.9. The molecule has 1 aliphatic rings. The number of carbonyl (C=O) groups excluding carboxylic acids is 1. The van der Waals surface area contributed by atoms with Crippen LogP contribution in [0.1, 0.15) is 19.3 Å². The molecule has 1 amide bonds. The molecule has 1 saturated carbocycles. The minimum atomic E-state index is -3.02. The third kappa shape index (κ3) is 3.21. The zero-order valence-corrected chi connectivity index (χ0v) is 12.6. The zero-order valence-electron chi connectivity index (χ0n) is 10.3. The van der Waals surface area contributed by atoms with Gasteiger partial charge in [-0.3, -0.25) is 4.79 Å². The molecule has 1 aliphatic carbocycles. The number of halogens is 4. The summed E-state index contributed by atoms with van der Waals surface area (Å²) in [6.45, 7) is -3.02. The average molecular weight is 370 g/mol. The Balaban J connectivity index is 2.27. The van der Waals surface area contributed by atoms with Crippen molar-refractivity contribution in [1.82, 2.24) is 0 Å². The second kappa shape index (κ2) is 5.83. The maximum absolute atomic E-state index is 12.4. The summed E-state index contributed by atoms with van der Waals surface area (Å²) in [6.07, 6.45) is 1.99. The highest BCUT2D eigenvalue weighted by atomic mass is 79.9. The van der Waals surface area contributed by atoms with E-state index in [2.05, 4.69) is 26.0 Å². The number of hydrogen-bond acceptors (Lipinski definition) is 3. The van der Waals surface area contributed by atoms with Gasteiger partial charge in [0, 0.05) is 5.02 Å². The number of rotatable bonds is 4. The van der Waals surface area contributed by atoms with Gasteiger partial charge in [-0.15, -0.1) is 0 Å². The minimum absolute atomic E-state index is 0.0615. The van der Waals surface area contributed by atoms with Crippen molar-refractivity contribution in [2.24, 2.45) is 5.73 Å². The van der Waals surface area contributed by atoms with E-state index in [9.17, 15) is 13.6 Å². The lowest BCUT2D eigenvalue weighted by Crippen LogP contribution is -2.56. The van der Waals surface area contributed by atoms with Crippen LogP contribution in [0.15, 0.2) is 16.6 Å². The summed E-state index contributed by atoms with van der Waals surface area (Å²) in [5, 5.41) is 2.78. The normalized spacial score (nSPS) is 16.7. The highest BCUT2D eigenvalue weighted by Crippen LogP contribution is 2.39. The SMILES string of the molecule is NC1(C(=O)Nc2cc(Cl)cc(Br)c2OC(F)F)CCC1. The monoisotopic (exact) mass is 368 g/mol. The van der Waals surface area contributed by atoms with Gasteiger partial charge in [0.1, 0.15) is 0 Å². The molecular formula is C12H12BrClF2N2O2. The summed E-state index contributed by atoms with van der Waals surface area (Å²) in [5.41, 5.74) is 4.99. The maximum Gasteiger partial charge on any atom is 0.387 e. The first-order valence-electron chi connectivity index (χ1n) is 5.86. The Morgan fingerprint density at radius 3 is 2.65 bits per heavy atom. The largest absolute Gasteiger partial charge is 0.431 e. The van der Waals surface area contributed by atoms with Gasteiger partial charge in [0.25, 0.3) is 0 Å². The van der Waals surface area contributed by atoms with E-state index in [1.165, 1.54) is 12.1 Å². The quantitative estimate of drug-likeness (QED) is 0.853. The van der Waals surface area contributed by atoms with E-state index in [1.807, 2.05) is 0 Å². The van der Waals surface area contributed by atoms with Crippen molar-refractivity contribution in [1.29, 1.82) is 0 Å². The molecule has 4 nitrogen and oxygen atoms in total. The Bertz CT molecular complexity index is 538. The molecule has 1 aromatic rings. The van der Waals surface area contributed by atoms with Gasteiger partial charge >= 0.3 is 6.61 Å². The molecule has 0 unspecified atom stereocenters. The van der Waals surface area contributed by atoms with Gasteiger partial charge in [-0.05, 0) is 47.3 Å². The summed E-state index contributed by atoms with van der Waals surface area (Å²) in [5.74, 6) is -0.613. The summed E-state index contributed by atoms with van der Waals surface area (Å²) in [7, 11) is 0. The summed E-state index contributed by atoms with van der Waals surface area (Å²) >= 11 is 8.92. The lowest BCUT2D eigenvalue weighted by molar-refractivity contribution is -0.123. The van der Waals surface area contributed by atoms with Gasteiger partial charge in [0.2, 0.25) is 5.91 Å². The third-order valence-electron chi connectivity index (χ3n) is 3.16. The Hall–Kier alpha value is -0.920. The number of ether oxygens (including phenoxy) is 1. The molecule has 0 radical (unpaired) electrons. The molecule has 0 aromatic heterocycles. The van der Waals surface area contributed by atoms with Crippen LogP contribution in [0, 0.1) is 0 Å². The van der Waals surface area contributed by atoms with Crippen LogP contribution in [0.4, 0.5) is 14.5 Å².